The average Bonchev–Trinajstić information content (AvgIpc) is 2.83. The number of pyridine rings is 2. The molecular formula is C23H25FN6O3. The first kappa shape index (κ1) is 21.2. The highest BCUT2D eigenvalue weighted by Crippen LogP contribution is 2.40. The van der Waals surface area contributed by atoms with Gasteiger partial charge in [0.25, 0.3) is 0 Å². The number of hydrogen-bond acceptors (Lipinski definition) is 7. The first-order chi connectivity index (χ1) is 16.0. The van der Waals surface area contributed by atoms with Gasteiger partial charge in [0, 0.05) is 42.0 Å². The molecule has 172 valence electrons. The normalized spacial score (nSPS) is 17.7. The van der Waals surface area contributed by atoms with Crippen LogP contribution in [0.1, 0.15) is 18.4 Å². The second-order valence-electron chi connectivity index (χ2n) is 8.32. The van der Waals surface area contributed by atoms with E-state index < -0.39 is 11.9 Å². The van der Waals surface area contributed by atoms with Crippen molar-refractivity contribution in [2.24, 2.45) is 0 Å². The highest BCUT2D eigenvalue weighted by atomic mass is 19.1. The quantitative estimate of drug-likeness (QED) is 0.446. The maximum atomic E-state index is 15.4. The molecule has 2 aromatic heterocycles. The third-order valence-electron chi connectivity index (χ3n) is 6.31. The Morgan fingerprint density at radius 3 is 2.88 bits per heavy atom. The molecule has 0 aliphatic carbocycles. The molecule has 33 heavy (non-hydrogen) atoms. The van der Waals surface area contributed by atoms with Gasteiger partial charge in [0.05, 0.1) is 11.7 Å². The van der Waals surface area contributed by atoms with Crippen LogP contribution in [0.15, 0.2) is 24.5 Å². The summed E-state index contributed by atoms with van der Waals surface area (Å²) in [6.07, 6.45) is 3.56. The fourth-order valence-electron chi connectivity index (χ4n) is 4.60. The Balaban J connectivity index is 1.63. The number of fused-ring (bicyclic) bond motifs is 2. The predicted octanol–water partition coefficient (Wildman–Crippen LogP) is 3.37. The molecule has 1 atom stereocenters. The summed E-state index contributed by atoms with van der Waals surface area (Å²) in [4.78, 5) is 22.0. The minimum absolute atomic E-state index is 0.0379. The van der Waals surface area contributed by atoms with Gasteiger partial charge < -0.3 is 26.2 Å². The third kappa shape index (κ3) is 3.66. The molecule has 4 heterocycles. The van der Waals surface area contributed by atoms with E-state index in [9.17, 15) is 9.90 Å². The van der Waals surface area contributed by atoms with E-state index in [-0.39, 0.29) is 17.5 Å². The minimum Gasteiger partial charge on any atom is -0.474 e. The highest BCUT2D eigenvalue weighted by Gasteiger charge is 2.28. The number of anilines is 3. The zero-order valence-corrected chi connectivity index (χ0v) is 18.2. The van der Waals surface area contributed by atoms with E-state index in [4.69, 9.17) is 10.5 Å². The van der Waals surface area contributed by atoms with Gasteiger partial charge in [-0.3, -0.25) is 4.90 Å². The third-order valence-corrected chi connectivity index (χ3v) is 6.31. The maximum Gasteiger partial charge on any atom is 0.413 e. The molecule has 0 radical (unpaired) electrons. The Kier molecular flexibility index (Phi) is 5.37. The van der Waals surface area contributed by atoms with Crippen LogP contribution in [0.25, 0.3) is 21.9 Å². The molecule has 1 aromatic carbocycles. The molecule has 5 N–H and O–H groups in total. The van der Waals surface area contributed by atoms with Gasteiger partial charge in [-0.15, -0.1) is 0 Å². The average molecular weight is 452 g/mol. The van der Waals surface area contributed by atoms with Crippen molar-refractivity contribution in [1.29, 1.82) is 0 Å². The van der Waals surface area contributed by atoms with E-state index in [1.54, 1.807) is 18.3 Å². The molecule has 2 aliphatic rings. The molecule has 9 nitrogen and oxygen atoms in total. The van der Waals surface area contributed by atoms with Gasteiger partial charge in [0.15, 0.2) is 5.82 Å². The Labute approximate surface area is 189 Å². The Morgan fingerprint density at radius 2 is 2.12 bits per heavy atom. The molecule has 1 amide bonds. The van der Waals surface area contributed by atoms with Crippen LogP contribution in [-0.2, 0) is 0 Å². The fraction of sp³-hybridized carbons (Fsp3) is 0.348. The Hall–Kier alpha value is -3.66. The number of carbonyl (C=O) groups is 1. The van der Waals surface area contributed by atoms with Gasteiger partial charge in [-0.25, -0.2) is 19.2 Å². The van der Waals surface area contributed by atoms with Crippen molar-refractivity contribution in [2.75, 3.05) is 42.2 Å². The lowest BCUT2D eigenvalue weighted by molar-refractivity contribution is 0.197. The van der Waals surface area contributed by atoms with Crippen molar-refractivity contribution < 1.29 is 19.0 Å². The van der Waals surface area contributed by atoms with E-state index >= 15 is 4.39 Å². The number of halogens is 1. The monoisotopic (exact) mass is 452 g/mol. The summed E-state index contributed by atoms with van der Waals surface area (Å²) in [5, 5.41) is 17.4. The summed E-state index contributed by atoms with van der Waals surface area (Å²) in [6, 6.07) is 3.10. The highest BCUT2D eigenvalue weighted by molar-refractivity contribution is 5.99. The van der Waals surface area contributed by atoms with E-state index in [0.717, 1.165) is 30.6 Å². The number of carboxylic acid groups (broad SMARTS) is 1. The molecule has 2 aliphatic heterocycles. The molecular weight excluding hydrogens is 427 g/mol. The number of aromatic nitrogens is 2. The maximum absolute atomic E-state index is 15.4. The van der Waals surface area contributed by atoms with E-state index in [2.05, 4.69) is 20.6 Å². The molecule has 0 saturated carbocycles. The van der Waals surface area contributed by atoms with Crippen LogP contribution >= 0.6 is 0 Å². The van der Waals surface area contributed by atoms with Gasteiger partial charge in [0.1, 0.15) is 18.1 Å². The number of rotatable bonds is 3. The van der Waals surface area contributed by atoms with Crippen LogP contribution < -0.4 is 26.0 Å². The number of nitrogen functional groups attached to an aromatic ring is 1. The van der Waals surface area contributed by atoms with Crippen molar-refractivity contribution >= 4 is 34.1 Å². The summed E-state index contributed by atoms with van der Waals surface area (Å²) >= 11 is 0. The topological polar surface area (TPSA) is 126 Å². The number of benzene rings is 1. The smallest absolute Gasteiger partial charge is 0.413 e. The largest absolute Gasteiger partial charge is 0.474 e. The molecule has 1 fully saturated rings. The first-order valence-electron chi connectivity index (χ1n) is 10.9. The number of nitrogens with two attached hydrogens (primary N) is 1. The van der Waals surface area contributed by atoms with Gasteiger partial charge in [-0.05, 0) is 49.4 Å². The summed E-state index contributed by atoms with van der Waals surface area (Å²) in [5.74, 6) is 0.211. The summed E-state index contributed by atoms with van der Waals surface area (Å²) < 4.78 is 20.9. The van der Waals surface area contributed by atoms with Crippen molar-refractivity contribution in [3.05, 3.63) is 35.9 Å². The van der Waals surface area contributed by atoms with Crippen LogP contribution in [0.5, 0.6) is 5.88 Å². The van der Waals surface area contributed by atoms with Crippen molar-refractivity contribution in [3.8, 4) is 17.0 Å². The summed E-state index contributed by atoms with van der Waals surface area (Å²) in [7, 11) is 0. The lowest BCUT2D eigenvalue weighted by Gasteiger charge is -2.32. The zero-order chi connectivity index (χ0) is 23.1. The van der Waals surface area contributed by atoms with E-state index in [1.165, 1.54) is 11.1 Å². The first-order valence-corrected chi connectivity index (χ1v) is 10.9. The predicted molar refractivity (Wildman–Crippen MR) is 124 cm³/mol. The zero-order valence-electron chi connectivity index (χ0n) is 18.2. The van der Waals surface area contributed by atoms with Crippen LogP contribution in [0.2, 0.25) is 0 Å². The van der Waals surface area contributed by atoms with Gasteiger partial charge in [0.2, 0.25) is 5.88 Å². The van der Waals surface area contributed by atoms with Gasteiger partial charge in [-0.2, -0.15) is 0 Å². The van der Waals surface area contributed by atoms with E-state index in [1.807, 2.05) is 6.92 Å². The molecule has 0 bridgehead atoms. The van der Waals surface area contributed by atoms with Crippen LogP contribution in [0.3, 0.4) is 0 Å². The number of nitrogens with one attached hydrogen (secondary N) is 2. The van der Waals surface area contributed by atoms with Crippen molar-refractivity contribution in [2.45, 2.75) is 25.8 Å². The second-order valence-corrected chi connectivity index (χ2v) is 8.32. The SMILES string of the molecule is Cc1c(-c2cc3cc(N(C(=O)O)[C@H]4CCCNC4)ncc3c(N)c2F)cnc2c1NCCO2. The van der Waals surface area contributed by atoms with Crippen LogP contribution in [0.4, 0.5) is 26.4 Å². The molecule has 0 unspecified atom stereocenters. The Bertz CT molecular complexity index is 1240. The number of ether oxygens (including phenoxy) is 1. The van der Waals surface area contributed by atoms with E-state index in [0.29, 0.717) is 47.5 Å². The Morgan fingerprint density at radius 1 is 1.27 bits per heavy atom. The van der Waals surface area contributed by atoms with Crippen LogP contribution in [-0.4, -0.2) is 53.5 Å². The second kappa shape index (κ2) is 8.36. The number of piperidine rings is 1. The lowest BCUT2D eigenvalue weighted by atomic mass is 9.97. The summed E-state index contributed by atoms with van der Waals surface area (Å²) in [6.45, 7) is 4.44. The van der Waals surface area contributed by atoms with Crippen molar-refractivity contribution in [1.82, 2.24) is 15.3 Å². The molecule has 3 aromatic rings. The molecule has 0 spiro atoms. The van der Waals surface area contributed by atoms with Gasteiger partial charge in [-0.1, -0.05) is 0 Å². The molecule has 10 heteroatoms. The number of amides is 1. The number of nitrogens with zero attached hydrogens (tertiary/aromatic N) is 3. The molecule has 1 saturated heterocycles. The number of hydrogen-bond donors (Lipinski definition) is 4. The fourth-order valence-corrected chi connectivity index (χ4v) is 4.60. The minimum atomic E-state index is -1.08. The van der Waals surface area contributed by atoms with Gasteiger partial charge >= 0.3 is 6.09 Å². The van der Waals surface area contributed by atoms with Crippen LogP contribution in [0, 0.1) is 12.7 Å². The standard InChI is InChI=1S/C23H25FN6O3/c1-12-16(10-29-22-21(12)27-5-6-33-22)15-7-13-8-18(28-11-17(13)20(25)19(15)24)30(23(31)32)14-3-2-4-26-9-14/h7-8,10-11,14,26-27H,2-6,9,25H2,1H3,(H,31,32)/t14-/m0/s1. The molecule has 5 rings (SSSR count). The summed E-state index contributed by atoms with van der Waals surface area (Å²) in [5.41, 5.74) is 8.52. The lowest BCUT2D eigenvalue weighted by Crippen LogP contribution is -2.48. The van der Waals surface area contributed by atoms with Crippen molar-refractivity contribution in [3.63, 3.8) is 0 Å².